The number of aromatic amines is 1. The number of rotatable bonds is 5. The number of ether oxygens (including phenoxy) is 2. The van der Waals surface area contributed by atoms with Gasteiger partial charge in [0.2, 0.25) is 0 Å². The molecule has 0 aliphatic carbocycles. The molecule has 2 aromatic rings. The van der Waals surface area contributed by atoms with Gasteiger partial charge in [0.25, 0.3) is 0 Å². The molecule has 0 bridgehead atoms. The number of aromatic nitrogens is 1. The highest BCUT2D eigenvalue weighted by atomic mass is 16.7. The molecule has 0 aliphatic rings. The molecule has 0 radical (unpaired) electrons. The van der Waals surface area contributed by atoms with Crippen molar-refractivity contribution in [2.45, 2.75) is 26.7 Å². The Morgan fingerprint density at radius 3 is 2.95 bits per heavy atom. The third kappa shape index (κ3) is 4.02. The molecule has 1 aromatic heterocycles. The third-order valence-electron chi connectivity index (χ3n) is 2.87. The summed E-state index contributed by atoms with van der Waals surface area (Å²) in [7, 11) is 0. The largest absolute Gasteiger partial charge is 0.513 e. The molecule has 1 aromatic carbocycles. The first-order valence-corrected chi connectivity index (χ1v) is 6.57. The van der Waals surface area contributed by atoms with Gasteiger partial charge in [-0.3, -0.25) is 0 Å². The van der Waals surface area contributed by atoms with Crippen LogP contribution in [-0.2, 0) is 4.74 Å². The van der Waals surface area contributed by atoms with Crippen molar-refractivity contribution < 1.29 is 14.3 Å². The Morgan fingerprint density at radius 1 is 1.32 bits per heavy atom. The van der Waals surface area contributed by atoms with E-state index in [1.807, 2.05) is 18.3 Å². The molecule has 0 unspecified atom stereocenters. The van der Waals surface area contributed by atoms with Crippen LogP contribution in [0, 0.1) is 5.92 Å². The van der Waals surface area contributed by atoms with Gasteiger partial charge in [0.05, 0.1) is 6.61 Å². The van der Waals surface area contributed by atoms with Gasteiger partial charge in [-0.2, -0.15) is 0 Å². The minimum absolute atomic E-state index is 0.405. The quantitative estimate of drug-likeness (QED) is 0.500. The van der Waals surface area contributed by atoms with E-state index in [0.29, 0.717) is 18.3 Å². The van der Waals surface area contributed by atoms with Crippen molar-refractivity contribution in [3.05, 3.63) is 30.5 Å². The monoisotopic (exact) mass is 261 g/mol. The molecular formula is C15H19NO3. The van der Waals surface area contributed by atoms with Crippen LogP contribution in [0.5, 0.6) is 5.75 Å². The first-order chi connectivity index (χ1) is 9.15. The summed E-state index contributed by atoms with van der Waals surface area (Å²) < 4.78 is 10.1. The fourth-order valence-electron chi connectivity index (χ4n) is 1.86. The lowest BCUT2D eigenvalue weighted by atomic mass is 10.1. The van der Waals surface area contributed by atoms with Crippen LogP contribution in [0.2, 0.25) is 0 Å². The van der Waals surface area contributed by atoms with Crippen LogP contribution >= 0.6 is 0 Å². The van der Waals surface area contributed by atoms with E-state index in [1.165, 1.54) is 0 Å². The highest BCUT2D eigenvalue weighted by Crippen LogP contribution is 2.19. The summed E-state index contributed by atoms with van der Waals surface area (Å²) in [5, 5.41) is 1.08. The van der Waals surface area contributed by atoms with Crippen LogP contribution in [0.3, 0.4) is 0 Å². The first kappa shape index (κ1) is 13.5. The van der Waals surface area contributed by atoms with E-state index in [1.54, 1.807) is 12.1 Å². The second-order valence-corrected chi connectivity index (χ2v) is 4.96. The van der Waals surface area contributed by atoms with Crippen LogP contribution in [0.1, 0.15) is 26.7 Å². The van der Waals surface area contributed by atoms with E-state index < -0.39 is 6.16 Å². The highest BCUT2D eigenvalue weighted by Gasteiger charge is 2.07. The molecule has 0 spiro atoms. The van der Waals surface area contributed by atoms with Gasteiger partial charge in [0.15, 0.2) is 0 Å². The second kappa shape index (κ2) is 6.27. The Kier molecular flexibility index (Phi) is 4.44. The predicted molar refractivity (Wildman–Crippen MR) is 74.3 cm³/mol. The van der Waals surface area contributed by atoms with Gasteiger partial charge in [0.1, 0.15) is 5.75 Å². The SMILES string of the molecule is CC(C)CCCOC(=O)Oc1ccc2cc[nH]c2c1. The summed E-state index contributed by atoms with van der Waals surface area (Å²) in [4.78, 5) is 14.5. The predicted octanol–water partition coefficient (Wildman–Crippen LogP) is 4.12. The standard InChI is InChI=1S/C15H19NO3/c1-11(2)4-3-9-18-15(17)19-13-6-5-12-7-8-16-14(12)10-13/h5-8,10-11,16H,3-4,9H2,1-2H3. The maximum Gasteiger partial charge on any atom is 0.513 e. The number of carbonyl (C=O) groups is 1. The molecule has 4 heteroatoms. The summed E-state index contributed by atoms with van der Waals surface area (Å²) >= 11 is 0. The van der Waals surface area contributed by atoms with Gasteiger partial charge >= 0.3 is 6.16 Å². The first-order valence-electron chi connectivity index (χ1n) is 6.57. The van der Waals surface area contributed by atoms with Crippen LogP contribution in [0.25, 0.3) is 10.9 Å². The maximum atomic E-state index is 11.5. The van der Waals surface area contributed by atoms with Crippen molar-refractivity contribution in [1.82, 2.24) is 4.98 Å². The van der Waals surface area contributed by atoms with E-state index in [9.17, 15) is 4.79 Å². The number of benzene rings is 1. The van der Waals surface area contributed by atoms with Crippen LogP contribution in [-0.4, -0.2) is 17.7 Å². The fraction of sp³-hybridized carbons (Fsp3) is 0.400. The van der Waals surface area contributed by atoms with Crippen molar-refractivity contribution in [2.24, 2.45) is 5.92 Å². The van der Waals surface area contributed by atoms with Crippen molar-refractivity contribution in [2.75, 3.05) is 6.61 Å². The highest BCUT2D eigenvalue weighted by molar-refractivity contribution is 5.81. The van der Waals surface area contributed by atoms with E-state index in [4.69, 9.17) is 9.47 Å². The van der Waals surface area contributed by atoms with Gasteiger partial charge in [-0.25, -0.2) is 4.79 Å². The van der Waals surface area contributed by atoms with Crippen molar-refractivity contribution >= 4 is 17.1 Å². The topological polar surface area (TPSA) is 51.3 Å². The van der Waals surface area contributed by atoms with Crippen molar-refractivity contribution in [3.63, 3.8) is 0 Å². The average Bonchev–Trinajstić information content (AvgIpc) is 2.82. The van der Waals surface area contributed by atoms with Gasteiger partial charge in [-0.15, -0.1) is 0 Å². The molecule has 0 amide bonds. The summed E-state index contributed by atoms with van der Waals surface area (Å²) in [6.07, 6.45) is 3.11. The number of fused-ring (bicyclic) bond motifs is 1. The number of hydrogen-bond donors (Lipinski definition) is 1. The molecule has 0 aliphatic heterocycles. The Hall–Kier alpha value is -1.97. The zero-order valence-corrected chi connectivity index (χ0v) is 11.3. The Balaban J connectivity index is 1.81. The lowest BCUT2D eigenvalue weighted by Gasteiger charge is -2.07. The van der Waals surface area contributed by atoms with E-state index in [-0.39, 0.29) is 0 Å². The summed E-state index contributed by atoms with van der Waals surface area (Å²) in [5.41, 5.74) is 0.935. The Labute approximate surface area is 112 Å². The van der Waals surface area contributed by atoms with Crippen LogP contribution < -0.4 is 4.74 Å². The minimum Gasteiger partial charge on any atom is -0.434 e. The number of H-pyrrole nitrogens is 1. The third-order valence-corrected chi connectivity index (χ3v) is 2.87. The summed E-state index contributed by atoms with van der Waals surface area (Å²) in [6, 6.07) is 7.40. The van der Waals surface area contributed by atoms with Gasteiger partial charge in [-0.1, -0.05) is 13.8 Å². The molecule has 0 atom stereocenters. The normalized spacial score (nSPS) is 10.9. The van der Waals surface area contributed by atoms with E-state index in [0.717, 1.165) is 23.7 Å². The molecule has 2 rings (SSSR count). The lowest BCUT2D eigenvalue weighted by Crippen LogP contribution is -2.11. The maximum absolute atomic E-state index is 11.5. The zero-order valence-electron chi connectivity index (χ0n) is 11.3. The molecule has 0 fully saturated rings. The zero-order chi connectivity index (χ0) is 13.7. The van der Waals surface area contributed by atoms with Gasteiger partial charge in [-0.05, 0) is 42.3 Å². The minimum atomic E-state index is -0.644. The second-order valence-electron chi connectivity index (χ2n) is 4.96. The number of hydrogen-bond acceptors (Lipinski definition) is 3. The molecule has 1 N–H and O–H groups in total. The molecule has 0 saturated carbocycles. The Morgan fingerprint density at radius 2 is 2.16 bits per heavy atom. The smallest absolute Gasteiger partial charge is 0.434 e. The van der Waals surface area contributed by atoms with Crippen LogP contribution in [0.15, 0.2) is 30.5 Å². The number of nitrogens with one attached hydrogen (secondary N) is 1. The van der Waals surface area contributed by atoms with Gasteiger partial charge in [0, 0.05) is 17.8 Å². The molecule has 19 heavy (non-hydrogen) atoms. The molecule has 0 saturated heterocycles. The molecule has 1 heterocycles. The van der Waals surface area contributed by atoms with Gasteiger partial charge < -0.3 is 14.5 Å². The van der Waals surface area contributed by atoms with Crippen LogP contribution in [0.4, 0.5) is 4.79 Å². The summed E-state index contributed by atoms with van der Waals surface area (Å²) in [6.45, 7) is 4.69. The average molecular weight is 261 g/mol. The van der Waals surface area contributed by atoms with Crippen molar-refractivity contribution in [3.8, 4) is 5.75 Å². The molecule has 102 valence electrons. The lowest BCUT2D eigenvalue weighted by molar-refractivity contribution is 0.0966. The Bertz CT molecular complexity index is 545. The van der Waals surface area contributed by atoms with Crippen molar-refractivity contribution in [1.29, 1.82) is 0 Å². The summed E-state index contributed by atoms with van der Waals surface area (Å²) in [5.74, 6) is 1.11. The van der Waals surface area contributed by atoms with E-state index in [2.05, 4.69) is 18.8 Å². The van der Waals surface area contributed by atoms with E-state index >= 15 is 0 Å². The molecular weight excluding hydrogens is 242 g/mol. The number of carbonyl (C=O) groups excluding carboxylic acids is 1. The molecule has 4 nitrogen and oxygen atoms in total. The fourth-order valence-corrected chi connectivity index (χ4v) is 1.86.